The molecule has 0 aliphatic rings. The topological polar surface area (TPSA) is 61.1 Å². The lowest BCUT2D eigenvalue weighted by Crippen LogP contribution is -2.39. The number of hydrogen-bond donors (Lipinski definition) is 0. The Hall–Kier alpha value is -1.41. The maximum Gasteiger partial charge on any atom is 0.330 e. The van der Waals surface area contributed by atoms with Gasteiger partial charge in [-0.25, -0.2) is 4.79 Å². The van der Waals surface area contributed by atoms with Crippen LogP contribution in [0.1, 0.15) is 15.9 Å². The van der Waals surface area contributed by atoms with Crippen molar-refractivity contribution in [2.75, 3.05) is 0 Å². The van der Waals surface area contributed by atoms with Crippen LogP contribution in [0.15, 0.2) is 34.0 Å². The van der Waals surface area contributed by atoms with Crippen LogP contribution in [0.4, 0.5) is 0 Å². The molecule has 0 unspecified atom stereocenters. The molecule has 2 rings (SSSR count). The average Bonchev–Trinajstić information content (AvgIpc) is 2.42. The second kappa shape index (κ2) is 5.53. The first kappa shape index (κ1) is 15.0. The highest BCUT2D eigenvalue weighted by molar-refractivity contribution is 14.1. The predicted octanol–water partition coefficient (Wildman–Crippen LogP) is 1.57. The highest BCUT2D eigenvalue weighted by atomic mass is 127. The van der Waals surface area contributed by atoms with Crippen LogP contribution in [0.5, 0.6) is 0 Å². The van der Waals surface area contributed by atoms with Gasteiger partial charge in [-0.2, -0.15) is 0 Å². The summed E-state index contributed by atoms with van der Waals surface area (Å²) in [6, 6.07) is 4.87. The summed E-state index contributed by atoms with van der Waals surface area (Å²) in [4.78, 5) is 36.1. The Morgan fingerprint density at radius 1 is 1.20 bits per heavy atom. The molecule has 1 heterocycles. The number of benzene rings is 1. The lowest BCUT2D eigenvalue weighted by atomic mass is 10.1. The van der Waals surface area contributed by atoms with Crippen LogP contribution >= 0.6 is 34.2 Å². The fraction of sp³-hybridized carbons (Fsp3) is 0.154. The Morgan fingerprint density at radius 3 is 2.50 bits per heavy atom. The van der Waals surface area contributed by atoms with Gasteiger partial charge in [0.15, 0.2) is 0 Å². The van der Waals surface area contributed by atoms with Crippen molar-refractivity contribution in [1.29, 1.82) is 0 Å². The molecule has 1 aromatic carbocycles. The summed E-state index contributed by atoms with van der Waals surface area (Å²) < 4.78 is 2.80. The molecule has 1 aromatic heterocycles. The minimum atomic E-state index is -0.617. The maximum absolute atomic E-state index is 12.5. The molecule has 0 fully saturated rings. The largest absolute Gasteiger partial charge is 0.330 e. The third-order valence-corrected chi connectivity index (χ3v) is 4.04. The smallest absolute Gasteiger partial charge is 0.303 e. The van der Waals surface area contributed by atoms with Gasteiger partial charge in [-0.15, -0.1) is 0 Å². The van der Waals surface area contributed by atoms with Crippen LogP contribution in [-0.4, -0.2) is 14.9 Å². The summed E-state index contributed by atoms with van der Waals surface area (Å²) >= 11 is 7.88. The van der Waals surface area contributed by atoms with Crippen LogP contribution < -0.4 is 11.2 Å². The van der Waals surface area contributed by atoms with Crippen molar-refractivity contribution in [3.05, 3.63) is 65.0 Å². The molecule has 0 radical (unpaired) electrons. The molecule has 104 valence electrons. The molecule has 0 atom stereocenters. The van der Waals surface area contributed by atoms with Gasteiger partial charge in [0.1, 0.15) is 5.56 Å². The molecule has 0 N–H and O–H groups in total. The molecule has 0 aliphatic heterocycles. The monoisotopic (exact) mass is 404 g/mol. The van der Waals surface area contributed by atoms with Crippen molar-refractivity contribution in [1.82, 2.24) is 9.13 Å². The van der Waals surface area contributed by atoms with Crippen molar-refractivity contribution in [3.8, 4) is 0 Å². The second-order valence-electron chi connectivity index (χ2n) is 4.25. The minimum Gasteiger partial charge on any atom is -0.303 e. The molecule has 2 aromatic rings. The summed E-state index contributed by atoms with van der Waals surface area (Å²) in [5.41, 5.74) is -0.815. The normalized spacial score (nSPS) is 10.6. The van der Waals surface area contributed by atoms with E-state index in [4.69, 9.17) is 11.6 Å². The Balaban J connectivity index is 2.69. The van der Waals surface area contributed by atoms with E-state index in [2.05, 4.69) is 0 Å². The first-order valence-corrected chi connectivity index (χ1v) is 7.05. The summed E-state index contributed by atoms with van der Waals surface area (Å²) in [5.74, 6) is -0.451. The standard InChI is InChI=1S/C13H10ClIN2O3/c1-16-6-9(12(19)17(2)13(16)20)11(18)8-5-7(14)3-4-10(8)15/h3-6H,1-2H3. The van der Waals surface area contributed by atoms with Gasteiger partial charge >= 0.3 is 5.69 Å². The average molecular weight is 405 g/mol. The molecule has 0 spiro atoms. The van der Waals surface area contributed by atoms with E-state index >= 15 is 0 Å². The highest BCUT2D eigenvalue weighted by Gasteiger charge is 2.19. The molecule has 0 aliphatic carbocycles. The maximum atomic E-state index is 12.5. The third-order valence-electron chi connectivity index (χ3n) is 2.86. The van der Waals surface area contributed by atoms with E-state index in [0.29, 0.717) is 14.2 Å². The SMILES string of the molecule is Cn1cc(C(=O)c2cc(Cl)ccc2I)c(=O)n(C)c1=O. The van der Waals surface area contributed by atoms with E-state index in [1.807, 2.05) is 22.6 Å². The second-order valence-corrected chi connectivity index (χ2v) is 5.85. The molecule has 7 heteroatoms. The summed E-state index contributed by atoms with van der Waals surface area (Å²) in [6.07, 6.45) is 1.25. The molecule has 5 nitrogen and oxygen atoms in total. The molecule has 0 amide bonds. The van der Waals surface area contributed by atoms with E-state index in [1.165, 1.54) is 30.9 Å². The van der Waals surface area contributed by atoms with Gasteiger partial charge in [0.25, 0.3) is 5.56 Å². The van der Waals surface area contributed by atoms with Crippen LogP contribution in [0.25, 0.3) is 0 Å². The Kier molecular flexibility index (Phi) is 4.14. The lowest BCUT2D eigenvalue weighted by molar-refractivity contribution is 0.103. The zero-order chi connectivity index (χ0) is 15.0. The van der Waals surface area contributed by atoms with E-state index in [-0.39, 0.29) is 5.56 Å². The van der Waals surface area contributed by atoms with Crippen molar-refractivity contribution < 1.29 is 4.79 Å². The Morgan fingerprint density at radius 2 is 1.85 bits per heavy atom. The minimum absolute atomic E-state index is 0.0604. The Labute approximate surface area is 132 Å². The number of carbonyl (C=O) groups is 1. The fourth-order valence-electron chi connectivity index (χ4n) is 1.78. The number of aromatic nitrogens is 2. The fourth-order valence-corrected chi connectivity index (χ4v) is 2.53. The quantitative estimate of drug-likeness (QED) is 0.564. The van der Waals surface area contributed by atoms with Crippen LogP contribution in [-0.2, 0) is 14.1 Å². The molecular weight excluding hydrogens is 395 g/mol. The molecule has 0 bridgehead atoms. The zero-order valence-electron chi connectivity index (χ0n) is 10.7. The van der Waals surface area contributed by atoms with Gasteiger partial charge in [-0.1, -0.05) is 11.6 Å². The Bertz CT molecular complexity index is 823. The number of nitrogens with zero attached hydrogens (tertiary/aromatic N) is 2. The van der Waals surface area contributed by atoms with Gasteiger partial charge in [0, 0.05) is 34.4 Å². The van der Waals surface area contributed by atoms with E-state index in [9.17, 15) is 14.4 Å². The first-order valence-electron chi connectivity index (χ1n) is 5.59. The van der Waals surface area contributed by atoms with Crippen LogP contribution in [0.2, 0.25) is 5.02 Å². The number of rotatable bonds is 2. The molecule has 0 saturated carbocycles. The van der Waals surface area contributed by atoms with Crippen molar-refractivity contribution in [2.45, 2.75) is 0 Å². The van der Waals surface area contributed by atoms with Gasteiger partial charge in [0.2, 0.25) is 5.78 Å². The predicted molar refractivity (Wildman–Crippen MR) is 84.5 cm³/mol. The zero-order valence-corrected chi connectivity index (χ0v) is 13.6. The number of hydrogen-bond acceptors (Lipinski definition) is 3. The number of ketones is 1. The summed E-state index contributed by atoms with van der Waals surface area (Å²) in [6.45, 7) is 0. The third kappa shape index (κ3) is 2.57. The van der Waals surface area contributed by atoms with Crippen molar-refractivity contribution in [3.63, 3.8) is 0 Å². The summed E-state index contributed by atoms with van der Waals surface area (Å²) in [5, 5.41) is 0.412. The van der Waals surface area contributed by atoms with Gasteiger partial charge in [-0.05, 0) is 40.8 Å². The van der Waals surface area contributed by atoms with Gasteiger partial charge in [-0.3, -0.25) is 14.2 Å². The van der Waals surface area contributed by atoms with E-state index in [1.54, 1.807) is 12.1 Å². The molecule has 0 saturated heterocycles. The van der Waals surface area contributed by atoms with Crippen molar-refractivity contribution >= 4 is 40.0 Å². The van der Waals surface area contributed by atoms with Crippen molar-refractivity contribution in [2.24, 2.45) is 14.1 Å². The molecular formula is C13H10ClIN2O3. The number of aryl methyl sites for hydroxylation is 1. The van der Waals surface area contributed by atoms with Gasteiger partial charge in [0.05, 0.1) is 0 Å². The highest BCUT2D eigenvalue weighted by Crippen LogP contribution is 2.19. The van der Waals surface area contributed by atoms with E-state index < -0.39 is 17.0 Å². The van der Waals surface area contributed by atoms with Crippen LogP contribution in [0, 0.1) is 3.57 Å². The van der Waals surface area contributed by atoms with Crippen LogP contribution in [0.3, 0.4) is 0 Å². The van der Waals surface area contributed by atoms with E-state index in [0.717, 1.165) is 4.57 Å². The number of carbonyl (C=O) groups excluding carboxylic acids is 1. The number of halogens is 2. The van der Waals surface area contributed by atoms with Gasteiger partial charge < -0.3 is 4.57 Å². The molecule has 20 heavy (non-hydrogen) atoms. The first-order chi connectivity index (χ1) is 9.32. The summed E-state index contributed by atoms with van der Waals surface area (Å²) in [7, 11) is 2.83. The lowest BCUT2D eigenvalue weighted by Gasteiger charge is -2.07.